The zero-order valence-corrected chi connectivity index (χ0v) is 45.4. The highest BCUT2D eigenvalue weighted by atomic mass is 16.7. The molecule has 2 heterocycles. The summed E-state index contributed by atoms with van der Waals surface area (Å²) < 4.78 is 34.4. The van der Waals surface area contributed by atoms with Crippen LogP contribution in [0.5, 0.6) is 0 Å². The highest BCUT2D eigenvalue weighted by Gasteiger charge is 2.47. The van der Waals surface area contributed by atoms with Crippen molar-refractivity contribution in [2.45, 2.75) is 306 Å². The van der Waals surface area contributed by atoms with Gasteiger partial charge in [0.1, 0.15) is 54.9 Å². The lowest BCUT2D eigenvalue weighted by Crippen LogP contribution is -2.61. The van der Waals surface area contributed by atoms with E-state index in [0.29, 0.717) is 13.0 Å². The number of aliphatic hydroxyl groups excluding tert-OH is 7. The Morgan fingerprint density at radius 2 is 0.861 bits per heavy atom. The van der Waals surface area contributed by atoms with Crippen LogP contribution in [0.4, 0.5) is 0 Å². The Labute approximate surface area is 437 Å². The van der Waals surface area contributed by atoms with Crippen molar-refractivity contribution in [1.82, 2.24) is 0 Å². The highest BCUT2D eigenvalue weighted by molar-refractivity contribution is 5.69. The number of aliphatic hydroxyl groups is 7. The molecule has 0 amide bonds. The van der Waals surface area contributed by atoms with E-state index in [0.717, 1.165) is 44.9 Å². The van der Waals surface area contributed by atoms with Gasteiger partial charge in [-0.1, -0.05) is 212 Å². The minimum Gasteiger partial charge on any atom is -0.457 e. The van der Waals surface area contributed by atoms with Gasteiger partial charge in [-0.15, -0.1) is 0 Å². The summed E-state index contributed by atoms with van der Waals surface area (Å²) in [4.78, 5) is 13.1. The quantitative estimate of drug-likeness (QED) is 0.0172. The number of allylic oxidation sites excluding steroid dienone is 4. The fourth-order valence-electron chi connectivity index (χ4n) is 9.44. The molecule has 2 rings (SSSR count). The van der Waals surface area contributed by atoms with Crippen LogP contribution in [0.25, 0.3) is 0 Å². The Kier molecular flexibility index (Phi) is 42.2. The molecule has 2 aliphatic rings. The van der Waals surface area contributed by atoms with Crippen molar-refractivity contribution in [1.29, 1.82) is 0 Å². The molecule has 0 aromatic rings. The van der Waals surface area contributed by atoms with Gasteiger partial charge in [-0.25, -0.2) is 0 Å². The second-order valence-electron chi connectivity index (χ2n) is 20.8. The SMILES string of the molecule is CCCCCCC/C=C\C/C=C\CCCCCCCCCCCCCCCC(=O)OC(COCCCCCCCCCCCCCCC)COC1OC(COC2OC(CO)C(O)C(O)C2O)C(O)C(O)C1O. The lowest BCUT2D eigenvalue weighted by molar-refractivity contribution is -0.332. The molecule has 424 valence electrons. The van der Waals surface area contributed by atoms with Crippen molar-refractivity contribution in [2.75, 3.05) is 33.0 Å². The molecular weight excluding hydrogens is 921 g/mol. The van der Waals surface area contributed by atoms with Crippen molar-refractivity contribution in [3.05, 3.63) is 24.3 Å². The van der Waals surface area contributed by atoms with Gasteiger partial charge >= 0.3 is 5.97 Å². The maximum Gasteiger partial charge on any atom is 0.306 e. The zero-order chi connectivity index (χ0) is 52.3. The van der Waals surface area contributed by atoms with E-state index in [1.165, 1.54) is 167 Å². The Morgan fingerprint density at radius 1 is 0.458 bits per heavy atom. The van der Waals surface area contributed by atoms with Crippen LogP contribution in [0, 0.1) is 0 Å². The van der Waals surface area contributed by atoms with Crippen LogP contribution in [-0.2, 0) is 33.2 Å². The van der Waals surface area contributed by atoms with E-state index in [1.54, 1.807) is 0 Å². The van der Waals surface area contributed by atoms with Gasteiger partial charge in [0, 0.05) is 13.0 Å². The van der Waals surface area contributed by atoms with Gasteiger partial charge in [0.05, 0.1) is 26.4 Å². The Bertz CT molecular complexity index is 1290. The molecule has 0 bridgehead atoms. The lowest BCUT2D eigenvalue weighted by Gasteiger charge is -2.42. The van der Waals surface area contributed by atoms with Gasteiger partial charge in [-0.05, 0) is 44.9 Å². The summed E-state index contributed by atoms with van der Waals surface area (Å²) in [6.07, 6.45) is 35.3. The second-order valence-corrected chi connectivity index (χ2v) is 20.8. The topological polar surface area (TPSA) is 214 Å². The number of unbranched alkanes of at least 4 members (excludes halogenated alkanes) is 30. The van der Waals surface area contributed by atoms with E-state index in [-0.39, 0.29) is 25.6 Å². The predicted octanol–water partition coefficient (Wildman–Crippen LogP) is 10.4. The number of hydrogen-bond donors (Lipinski definition) is 7. The zero-order valence-electron chi connectivity index (χ0n) is 45.4. The summed E-state index contributed by atoms with van der Waals surface area (Å²) in [6.45, 7) is 3.72. The maximum absolute atomic E-state index is 13.1. The molecule has 0 aliphatic carbocycles. The molecule has 0 spiro atoms. The summed E-state index contributed by atoms with van der Waals surface area (Å²) in [5, 5.41) is 72.3. The molecule has 14 heteroatoms. The fourth-order valence-corrected chi connectivity index (χ4v) is 9.44. The van der Waals surface area contributed by atoms with E-state index in [1.807, 2.05) is 0 Å². The van der Waals surface area contributed by atoms with Gasteiger partial charge < -0.3 is 64.2 Å². The lowest BCUT2D eigenvalue weighted by atomic mass is 9.98. The molecule has 0 saturated carbocycles. The molecule has 2 aliphatic heterocycles. The molecule has 0 radical (unpaired) electrons. The van der Waals surface area contributed by atoms with Crippen LogP contribution in [-0.4, -0.2) is 142 Å². The summed E-state index contributed by atoms with van der Waals surface area (Å²) >= 11 is 0. The first-order valence-corrected chi connectivity index (χ1v) is 29.4. The van der Waals surface area contributed by atoms with Crippen LogP contribution in [0.15, 0.2) is 24.3 Å². The maximum atomic E-state index is 13.1. The molecular formula is C58H108O14. The van der Waals surface area contributed by atoms with Crippen molar-refractivity contribution in [3.63, 3.8) is 0 Å². The Morgan fingerprint density at radius 3 is 1.33 bits per heavy atom. The Hall–Kier alpha value is -1.53. The van der Waals surface area contributed by atoms with Crippen molar-refractivity contribution >= 4 is 5.97 Å². The first-order valence-electron chi connectivity index (χ1n) is 29.4. The van der Waals surface area contributed by atoms with E-state index in [9.17, 15) is 40.5 Å². The van der Waals surface area contributed by atoms with Crippen molar-refractivity contribution < 1.29 is 69.0 Å². The summed E-state index contributed by atoms with van der Waals surface area (Å²) in [6, 6.07) is 0. The number of carbonyl (C=O) groups excluding carboxylic acids is 1. The molecule has 72 heavy (non-hydrogen) atoms. The van der Waals surface area contributed by atoms with E-state index in [4.69, 9.17) is 28.4 Å². The van der Waals surface area contributed by atoms with Gasteiger partial charge in [0.2, 0.25) is 0 Å². The van der Waals surface area contributed by atoms with Gasteiger partial charge in [0.25, 0.3) is 0 Å². The average molecular weight is 1030 g/mol. The number of hydrogen-bond acceptors (Lipinski definition) is 14. The minimum atomic E-state index is -1.70. The molecule has 2 saturated heterocycles. The number of ether oxygens (including phenoxy) is 6. The second kappa shape index (κ2) is 45.6. The van der Waals surface area contributed by atoms with E-state index >= 15 is 0 Å². The van der Waals surface area contributed by atoms with Crippen LogP contribution < -0.4 is 0 Å². The summed E-state index contributed by atoms with van der Waals surface area (Å²) in [7, 11) is 0. The van der Waals surface area contributed by atoms with Gasteiger partial charge in [-0.3, -0.25) is 4.79 Å². The largest absolute Gasteiger partial charge is 0.457 e. The molecule has 14 nitrogen and oxygen atoms in total. The molecule has 2 fully saturated rings. The first-order chi connectivity index (χ1) is 35.1. The number of rotatable bonds is 48. The fraction of sp³-hybridized carbons (Fsp3) is 0.914. The molecule has 11 unspecified atom stereocenters. The standard InChI is InChI=1S/C58H108O14/c1-3-5-7-9-11-13-15-17-18-19-20-21-22-23-24-25-26-27-28-29-31-33-35-37-39-41-50(60)70-47(44-67-42-40-38-36-34-32-30-16-14-12-10-8-6-4-2)45-68-57-56(66)54(64)52(62)49(72-57)46-69-58-55(65)53(63)51(61)48(43-59)71-58/h15,17,19-20,47-49,51-59,61-66H,3-14,16,18,21-46H2,1-2H3/b17-15-,20-19-. The molecule has 0 aromatic heterocycles. The summed E-state index contributed by atoms with van der Waals surface area (Å²) in [5.74, 6) is -0.373. The van der Waals surface area contributed by atoms with Crippen molar-refractivity contribution in [2.24, 2.45) is 0 Å². The first kappa shape index (κ1) is 66.6. The van der Waals surface area contributed by atoms with Crippen LogP contribution >= 0.6 is 0 Å². The van der Waals surface area contributed by atoms with Crippen molar-refractivity contribution in [3.8, 4) is 0 Å². The van der Waals surface area contributed by atoms with Crippen LogP contribution in [0.2, 0.25) is 0 Å². The monoisotopic (exact) mass is 1030 g/mol. The van der Waals surface area contributed by atoms with Gasteiger partial charge in [-0.2, -0.15) is 0 Å². The third-order valence-electron chi connectivity index (χ3n) is 14.2. The van der Waals surface area contributed by atoms with E-state index in [2.05, 4.69) is 38.2 Å². The van der Waals surface area contributed by atoms with Crippen LogP contribution in [0.1, 0.15) is 239 Å². The van der Waals surface area contributed by atoms with E-state index < -0.39 is 80.7 Å². The summed E-state index contributed by atoms with van der Waals surface area (Å²) in [5.41, 5.74) is 0. The predicted molar refractivity (Wildman–Crippen MR) is 284 cm³/mol. The third kappa shape index (κ3) is 32.1. The molecule has 0 aromatic carbocycles. The number of esters is 1. The molecule has 11 atom stereocenters. The van der Waals surface area contributed by atoms with Gasteiger partial charge in [0.15, 0.2) is 12.6 Å². The smallest absolute Gasteiger partial charge is 0.306 e. The van der Waals surface area contributed by atoms with Crippen LogP contribution in [0.3, 0.4) is 0 Å². The molecule has 7 N–H and O–H groups in total. The highest BCUT2D eigenvalue weighted by Crippen LogP contribution is 2.27. The third-order valence-corrected chi connectivity index (χ3v) is 14.2. The Balaban J connectivity index is 1.67. The number of carbonyl (C=O) groups is 1. The average Bonchev–Trinajstić information content (AvgIpc) is 3.38. The normalized spacial score (nSPS) is 25.2. The minimum absolute atomic E-state index is 0.0664.